The van der Waals surface area contributed by atoms with Crippen LogP contribution >= 0.6 is 0 Å². The van der Waals surface area contributed by atoms with Crippen molar-refractivity contribution in [1.82, 2.24) is 10.3 Å². The molecule has 1 N–H and O–H groups in total. The summed E-state index contributed by atoms with van der Waals surface area (Å²) in [6.07, 6.45) is 1.64. The summed E-state index contributed by atoms with van der Waals surface area (Å²) in [6, 6.07) is -0.747. The zero-order valence-corrected chi connectivity index (χ0v) is 10.3. The van der Waals surface area contributed by atoms with Crippen molar-refractivity contribution >= 4 is 23.5 Å². The van der Waals surface area contributed by atoms with Gasteiger partial charge in [-0.3, -0.25) is 19.9 Å². The summed E-state index contributed by atoms with van der Waals surface area (Å²) in [5.74, 6) is -2.19. The van der Waals surface area contributed by atoms with E-state index in [0.29, 0.717) is 6.54 Å². The smallest absolute Gasteiger partial charge is 0.355 e. The molecule has 0 saturated carbocycles. The molecule has 2 atom stereocenters. The van der Waals surface area contributed by atoms with Crippen molar-refractivity contribution in [3.05, 3.63) is 0 Å². The van der Waals surface area contributed by atoms with Gasteiger partial charge in [0.15, 0.2) is 5.71 Å². The molecular formula is C11H15N3O4. The van der Waals surface area contributed by atoms with E-state index in [2.05, 4.69) is 15.3 Å². The fourth-order valence-electron chi connectivity index (χ4n) is 2.16. The van der Waals surface area contributed by atoms with Gasteiger partial charge in [0.05, 0.1) is 7.11 Å². The number of hydrogen-bond donors (Lipinski definition) is 1. The number of ether oxygens (including phenoxy) is 1. The maximum atomic E-state index is 12.1. The summed E-state index contributed by atoms with van der Waals surface area (Å²) >= 11 is 0. The highest BCUT2D eigenvalue weighted by atomic mass is 16.5. The number of likely N-dealkylation sites (tertiary alicyclic amines) is 1. The number of hydrazone groups is 1. The number of carbonyl (C=O) groups excluding carboxylic acids is 3. The Morgan fingerprint density at radius 3 is 2.78 bits per heavy atom. The fraction of sp³-hybridized carbons (Fsp3) is 0.636. The largest absolute Gasteiger partial charge is 0.464 e. The Morgan fingerprint density at radius 1 is 1.44 bits per heavy atom. The second kappa shape index (κ2) is 4.75. The first-order chi connectivity index (χ1) is 8.61. The Bertz CT molecular complexity index is 432. The number of nitrogens with one attached hydrogen (secondary N) is 1. The molecule has 1 saturated heterocycles. The molecule has 1 fully saturated rings. The van der Waals surface area contributed by atoms with Gasteiger partial charge in [-0.15, -0.1) is 0 Å². The Kier molecular flexibility index (Phi) is 3.31. The summed E-state index contributed by atoms with van der Waals surface area (Å²) in [5.41, 5.74) is 2.53. The number of amides is 2. The fourth-order valence-corrected chi connectivity index (χ4v) is 2.16. The van der Waals surface area contributed by atoms with Crippen LogP contribution in [0.2, 0.25) is 0 Å². The van der Waals surface area contributed by atoms with E-state index in [1.165, 1.54) is 12.0 Å². The van der Waals surface area contributed by atoms with Crippen LogP contribution in [0.3, 0.4) is 0 Å². The van der Waals surface area contributed by atoms with Crippen LogP contribution in [0.15, 0.2) is 5.10 Å². The molecule has 7 nitrogen and oxygen atoms in total. The summed E-state index contributed by atoms with van der Waals surface area (Å²) in [6.45, 7) is 2.36. The maximum absolute atomic E-state index is 12.1. The Balaban J connectivity index is 2.18. The number of unbranched alkanes of at least 4 members (excludes halogenated alkanes) is 1. The van der Waals surface area contributed by atoms with Crippen LogP contribution in [-0.2, 0) is 19.1 Å². The van der Waals surface area contributed by atoms with Crippen LogP contribution in [0.1, 0.15) is 19.8 Å². The number of imide groups is 1. The SMILES string of the molecule is CCCCN1C(=O)[C@@H]2C(C(=O)OC)=NN[C@@H]2C1=O. The third-order valence-corrected chi connectivity index (χ3v) is 3.15. The minimum atomic E-state index is -0.832. The second-order valence-electron chi connectivity index (χ2n) is 4.25. The minimum Gasteiger partial charge on any atom is -0.464 e. The molecule has 98 valence electrons. The molecule has 0 radical (unpaired) electrons. The van der Waals surface area contributed by atoms with Crippen LogP contribution < -0.4 is 5.43 Å². The number of methoxy groups -OCH3 is 1. The summed E-state index contributed by atoms with van der Waals surface area (Å²) in [7, 11) is 1.22. The summed E-state index contributed by atoms with van der Waals surface area (Å²) < 4.78 is 4.55. The first kappa shape index (κ1) is 12.5. The molecule has 2 heterocycles. The number of esters is 1. The average molecular weight is 253 g/mol. The first-order valence-corrected chi connectivity index (χ1v) is 5.88. The van der Waals surface area contributed by atoms with Gasteiger partial charge < -0.3 is 4.74 Å². The van der Waals surface area contributed by atoms with E-state index in [-0.39, 0.29) is 17.5 Å². The predicted octanol–water partition coefficient (Wildman–Crippen LogP) is -0.728. The van der Waals surface area contributed by atoms with Gasteiger partial charge in [-0.2, -0.15) is 5.10 Å². The second-order valence-corrected chi connectivity index (χ2v) is 4.25. The van der Waals surface area contributed by atoms with Gasteiger partial charge in [0.25, 0.3) is 5.91 Å². The lowest BCUT2D eigenvalue weighted by atomic mass is 9.99. The van der Waals surface area contributed by atoms with Crippen LogP contribution in [0.4, 0.5) is 0 Å². The monoisotopic (exact) mass is 253 g/mol. The lowest BCUT2D eigenvalue weighted by Crippen LogP contribution is -2.36. The molecule has 2 amide bonds. The van der Waals surface area contributed by atoms with Crippen molar-refractivity contribution in [2.24, 2.45) is 11.0 Å². The summed E-state index contributed by atoms with van der Waals surface area (Å²) in [5, 5.41) is 3.73. The highest BCUT2D eigenvalue weighted by Gasteiger charge is 2.54. The van der Waals surface area contributed by atoms with Crippen molar-refractivity contribution in [3.63, 3.8) is 0 Å². The number of carbonyl (C=O) groups is 3. The minimum absolute atomic E-state index is 0.0140. The Morgan fingerprint density at radius 2 is 2.17 bits per heavy atom. The standard InChI is InChI=1S/C11H15N3O4/c1-3-4-5-14-9(15)6-7(10(14)16)12-13-8(6)11(17)18-2/h6-7,12H,3-5H2,1-2H3/t6-,7-/m0/s1. The first-order valence-electron chi connectivity index (χ1n) is 5.88. The van der Waals surface area contributed by atoms with E-state index in [4.69, 9.17) is 0 Å². The highest BCUT2D eigenvalue weighted by molar-refractivity contribution is 6.43. The van der Waals surface area contributed by atoms with Gasteiger partial charge in [0.2, 0.25) is 5.91 Å². The number of fused-ring (bicyclic) bond motifs is 1. The maximum Gasteiger partial charge on any atom is 0.355 e. The van der Waals surface area contributed by atoms with Gasteiger partial charge in [-0.1, -0.05) is 13.3 Å². The van der Waals surface area contributed by atoms with Crippen LogP contribution in [0.5, 0.6) is 0 Å². The van der Waals surface area contributed by atoms with Crippen molar-refractivity contribution < 1.29 is 19.1 Å². The van der Waals surface area contributed by atoms with Crippen LogP contribution in [0.25, 0.3) is 0 Å². The van der Waals surface area contributed by atoms with Gasteiger partial charge in [-0.05, 0) is 6.42 Å². The molecule has 18 heavy (non-hydrogen) atoms. The summed E-state index contributed by atoms with van der Waals surface area (Å²) in [4.78, 5) is 36.7. The number of rotatable bonds is 4. The lowest BCUT2D eigenvalue weighted by molar-refractivity contribution is -0.140. The molecular weight excluding hydrogens is 238 g/mol. The molecule has 0 spiro atoms. The van der Waals surface area contributed by atoms with Crippen molar-refractivity contribution in [2.75, 3.05) is 13.7 Å². The molecule has 2 rings (SSSR count). The average Bonchev–Trinajstić information content (AvgIpc) is 2.90. The van der Waals surface area contributed by atoms with Gasteiger partial charge >= 0.3 is 5.97 Å². The highest BCUT2D eigenvalue weighted by Crippen LogP contribution is 2.26. The molecule has 7 heteroatoms. The Labute approximate surface area is 104 Å². The molecule has 2 aliphatic heterocycles. The van der Waals surface area contributed by atoms with E-state index in [9.17, 15) is 14.4 Å². The third-order valence-electron chi connectivity index (χ3n) is 3.15. The quantitative estimate of drug-likeness (QED) is 0.527. The zero-order chi connectivity index (χ0) is 13.3. The van der Waals surface area contributed by atoms with Crippen molar-refractivity contribution in [2.45, 2.75) is 25.8 Å². The van der Waals surface area contributed by atoms with E-state index in [0.717, 1.165) is 12.8 Å². The topological polar surface area (TPSA) is 88.1 Å². The predicted molar refractivity (Wildman–Crippen MR) is 61.5 cm³/mol. The van der Waals surface area contributed by atoms with Crippen molar-refractivity contribution in [3.8, 4) is 0 Å². The normalized spacial score (nSPS) is 25.9. The molecule has 0 unspecified atom stereocenters. The molecule has 2 aliphatic rings. The van der Waals surface area contributed by atoms with E-state index in [1.54, 1.807) is 0 Å². The van der Waals surface area contributed by atoms with Gasteiger partial charge in [-0.25, -0.2) is 4.79 Å². The molecule has 0 aromatic carbocycles. The molecule has 0 aliphatic carbocycles. The van der Waals surface area contributed by atoms with E-state index < -0.39 is 17.9 Å². The van der Waals surface area contributed by atoms with Crippen LogP contribution in [0, 0.1) is 5.92 Å². The number of nitrogens with zero attached hydrogens (tertiary/aromatic N) is 2. The van der Waals surface area contributed by atoms with Gasteiger partial charge in [0.1, 0.15) is 12.0 Å². The number of hydrogen-bond acceptors (Lipinski definition) is 6. The van der Waals surface area contributed by atoms with Gasteiger partial charge in [0, 0.05) is 6.54 Å². The molecule has 0 bridgehead atoms. The zero-order valence-electron chi connectivity index (χ0n) is 10.3. The Hall–Kier alpha value is -1.92. The lowest BCUT2D eigenvalue weighted by Gasteiger charge is -2.14. The third kappa shape index (κ3) is 1.75. The van der Waals surface area contributed by atoms with E-state index in [1.807, 2.05) is 6.92 Å². The van der Waals surface area contributed by atoms with E-state index >= 15 is 0 Å². The molecule has 0 aromatic rings. The van der Waals surface area contributed by atoms with Crippen LogP contribution in [-0.4, -0.2) is 48.1 Å². The molecule has 0 aromatic heterocycles. The van der Waals surface area contributed by atoms with Crippen molar-refractivity contribution in [1.29, 1.82) is 0 Å².